The molecular weight excluding hydrogens is 401 g/mol. The fraction of sp³-hybridized carbons (Fsp3) is 0.250. The second kappa shape index (κ2) is 7.38. The van der Waals surface area contributed by atoms with E-state index in [9.17, 15) is 9.18 Å². The van der Waals surface area contributed by atoms with Gasteiger partial charge in [0.2, 0.25) is 0 Å². The van der Waals surface area contributed by atoms with Crippen molar-refractivity contribution in [3.8, 4) is 11.8 Å². The first-order valence-electron chi connectivity index (χ1n) is 8.53. The molecule has 0 aromatic heterocycles. The quantitative estimate of drug-likeness (QED) is 0.677. The summed E-state index contributed by atoms with van der Waals surface area (Å²) in [6.07, 6.45) is 0. The predicted molar refractivity (Wildman–Crippen MR) is 110 cm³/mol. The van der Waals surface area contributed by atoms with Crippen LogP contribution >= 0.6 is 23.8 Å². The minimum Gasteiger partial charge on any atom is -0.491 e. The summed E-state index contributed by atoms with van der Waals surface area (Å²) >= 11 is 11.7. The average Bonchev–Trinajstić information content (AvgIpc) is 2.81. The van der Waals surface area contributed by atoms with Crippen molar-refractivity contribution in [3.05, 3.63) is 52.8 Å². The second-order valence-corrected chi connectivity index (χ2v) is 7.41. The van der Waals surface area contributed by atoms with Crippen molar-refractivity contribution in [1.82, 2.24) is 0 Å². The highest BCUT2D eigenvalue weighted by atomic mass is 35.5. The van der Waals surface area contributed by atoms with Crippen LogP contribution in [-0.4, -0.2) is 23.2 Å². The number of rotatable bonds is 4. The van der Waals surface area contributed by atoms with E-state index >= 15 is 0 Å². The highest BCUT2D eigenvalue weighted by molar-refractivity contribution is 7.81. The van der Waals surface area contributed by atoms with Crippen LogP contribution in [0.2, 0.25) is 5.02 Å². The summed E-state index contributed by atoms with van der Waals surface area (Å²) in [5.74, 6) is -0.686. The Kier molecular flexibility index (Phi) is 5.28. The molecule has 0 radical (unpaired) electrons. The Morgan fingerprint density at radius 1 is 1.25 bits per heavy atom. The van der Waals surface area contributed by atoms with Crippen LogP contribution in [-0.2, 0) is 4.79 Å². The number of ether oxygens (including phenoxy) is 1. The normalized spacial score (nSPS) is 15.7. The third-order valence-corrected chi connectivity index (χ3v) is 5.15. The SMILES string of the molecule is CCOc1ccc(N2C(=S)N(c3ccc(C#N)c(Cl)c3)C(=O)C2(C)C)cc1F. The first-order valence-corrected chi connectivity index (χ1v) is 9.31. The third-order valence-electron chi connectivity index (χ3n) is 4.47. The van der Waals surface area contributed by atoms with E-state index in [1.807, 2.05) is 6.07 Å². The molecule has 1 amide bonds. The molecule has 1 heterocycles. The molecule has 0 bridgehead atoms. The number of nitrogens with zero attached hydrogens (tertiary/aromatic N) is 3. The molecule has 144 valence electrons. The topological polar surface area (TPSA) is 56.6 Å². The fourth-order valence-electron chi connectivity index (χ4n) is 3.09. The van der Waals surface area contributed by atoms with E-state index in [2.05, 4.69) is 0 Å². The van der Waals surface area contributed by atoms with Crippen LogP contribution in [0.25, 0.3) is 0 Å². The van der Waals surface area contributed by atoms with Gasteiger partial charge in [0, 0.05) is 11.8 Å². The number of halogens is 2. The molecule has 0 saturated carbocycles. The lowest BCUT2D eigenvalue weighted by molar-refractivity contribution is -0.120. The number of thiocarbonyl (C=S) groups is 1. The van der Waals surface area contributed by atoms with Gasteiger partial charge in [-0.2, -0.15) is 5.26 Å². The maximum atomic E-state index is 14.4. The molecule has 0 unspecified atom stereocenters. The van der Waals surface area contributed by atoms with Crippen molar-refractivity contribution in [1.29, 1.82) is 5.26 Å². The second-order valence-electron chi connectivity index (χ2n) is 6.64. The van der Waals surface area contributed by atoms with Crippen molar-refractivity contribution in [2.45, 2.75) is 26.3 Å². The van der Waals surface area contributed by atoms with E-state index < -0.39 is 11.4 Å². The van der Waals surface area contributed by atoms with Crippen LogP contribution in [0.4, 0.5) is 15.8 Å². The van der Waals surface area contributed by atoms with Crippen LogP contribution in [0.3, 0.4) is 0 Å². The van der Waals surface area contributed by atoms with Gasteiger partial charge in [0.25, 0.3) is 5.91 Å². The lowest BCUT2D eigenvalue weighted by atomic mass is 10.0. The summed E-state index contributed by atoms with van der Waals surface area (Å²) in [6, 6.07) is 11.1. The summed E-state index contributed by atoms with van der Waals surface area (Å²) in [7, 11) is 0. The molecule has 0 atom stereocenters. The van der Waals surface area contributed by atoms with Crippen molar-refractivity contribution in [3.63, 3.8) is 0 Å². The molecule has 0 N–H and O–H groups in total. The van der Waals surface area contributed by atoms with E-state index in [1.54, 1.807) is 37.8 Å². The largest absolute Gasteiger partial charge is 0.491 e. The van der Waals surface area contributed by atoms with Crippen LogP contribution in [0.5, 0.6) is 5.75 Å². The van der Waals surface area contributed by atoms with Gasteiger partial charge in [0.1, 0.15) is 11.6 Å². The molecular formula is C20H17ClFN3O2S. The molecule has 8 heteroatoms. The maximum absolute atomic E-state index is 14.4. The van der Waals surface area contributed by atoms with Crippen LogP contribution < -0.4 is 14.5 Å². The van der Waals surface area contributed by atoms with E-state index in [0.717, 1.165) is 0 Å². The summed E-state index contributed by atoms with van der Waals surface area (Å²) in [5.41, 5.74) is 0.136. The van der Waals surface area contributed by atoms with E-state index in [1.165, 1.54) is 29.2 Å². The van der Waals surface area contributed by atoms with E-state index in [-0.39, 0.29) is 21.8 Å². The molecule has 1 fully saturated rings. The number of benzene rings is 2. The molecule has 2 aromatic carbocycles. The smallest absolute Gasteiger partial charge is 0.259 e. The van der Waals surface area contributed by atoms with Crippen molar-refractivity contribution < 1.29 is 13.9 Å². The van der Waals surface area contributed by atoms with Crippen molar-refractivity contribution >= 4 is 46.2 Å². The van der Waals surface area contributed by atoms with Crippen LogP contribution in [0.15, 0.2) is 36.4 Å². The molecule has 1 aliphatic rings. The van der Waals surface area contributed by atoms with Gasteiger partial charge in [-0.3, -0.25) is 9.69 Å². The maximum Gasteiger partial charge on any atom is 0.259 e. The lowest BCUT2D eigenvalue weighted by Crippen LogP contribution is -2.44. The van der Waals surface area contributed by atoms with Gasteiger partial charge in [-0.15, -0.1) is 0 Å². The first kappa shape index (κ1) is 20.1. The summed E-state index contributed by atoms with van der Waals surface area (Å²) < 4.78 is 19.6. The minimum absolute atomic E-state index is 0.135. The van der Waals surface area contributed by atoms with Gasteiger partial charge in [-0.05, 0) is 63.3 Å². The summed E-state index contributed by atoms with van der Waals surface area (Å²) in [4.78, 5) is 16.0. The molecule has 3 rings (SSSR count). The standard InChI is InChI=1S/C20H17ClFN3O2S/c1-4-27-17-8-7-14(10-16(17)22)25-19(28)24(18(26)20(25,2)3)13-6-5-12(11-23)15(21)9-13/h5-10H,4H2,1-3H3. The Hall–Kier alpha value is -2.69. The van der Waals surface area contributed by atoms with Gasteiger partial charge in [0.05, 0.1) is 22.9 Å². The van der Waals surface area contributed by atoms with Gasteiger partial charge >= 0.3 is 0 Å². The average molecular weight is 418 g/mol. The predicted octanol–water partition coefficient (Wildman–Crippen LogP) is 4.67. The Balaban J connectivity index is 2.04. The van der Waals surface area contributed by atoms with Crippen LogP contribution in [0.1, 0.15) is 26.3 Å². The summed E-state index contributed by atoms with van der Waals surface area (Å²) in [5, 5.41) is 9.46. The highest BCUT2D eigenvalue weighted by Crippen LogP contribution is 2.38. The van der Waals surface area contributed by atoms with Crippen LogP contribution in [0, 0.1) is 17.1 Å². The number of hydrogen-bond acceptors (Lipinski definition) is 4. The van der Waals surface area contributed by atoms with Crippen molar-refractivity contribution in [2.75, 3.05) is 16.4 Å². The molecule has 28 heavy (non-hydrogen) atoms. The van der Waals surface area contributed by atoms with Gasteiger partial charge in [-0.25, -0.2) is 4.39 Å². The zero-order valence-corrected chi connectivity index (χ0v) is 17.1. The number of hydrogen-bond donors (Lipinski definition) is 0. The molecule has 0 aliphatic carbocycles. The molecule has 1 aliphatic heterocycles. The Morgan fingerprint density at radius 3 is 2.50 bits per heavy atom. The van der Waals surface area contributed by atoms with Crippen molar-refractivity contribution in [2.24, 2.45) is 0 Å². The number of carbonyl (C=O) groups is 1. The first-order chi connectivity index (χ1) is 13.2. The van der Waals surface area contributed by atoms with Gasteiger partial charge < -0.3 is 9.64 Å². The Bertz CT molecular complexity index is 1020. The van der Waals surface area contributed by atoms with E-state index in [0.29, 0.717) is 23.5 Å². The zero-order valence-electron chi connectivity index (χ0n) is 15.5. The molecule has 5 nitrogen and oxygen atoms in total. The number of nitriles is 1. The number of amides is 1. The molecule has 0 spiro atoms. The van der Waals surface area contributed by atoms with Gasteiger partial charge in [0.15, 0.2) is 16.7 Å². The molecule has 2 aromatic rings. The summed E-state index contributed by atoms with van der Waals surface area (Å²) in [6.45, 7) is 5.53. The molecule has 1 saturated heterocycles. The number of carbonyl (C=O) groups excluding carboxylic acids is 1. The Morgan fingerprint density at radius 2 is 1.93 bits per heavy atom. The zero-order chi connectivity index (χ0) is 20.6. The van der Waals surface area contributed by atoms with Gasteiger partial charge in [-0.1, -0.05) is 11.6 Å². The fourth-order valence-corrected chi connectivity index (χ4v) is 3.83. The monoisotopic (exact) mass is 417 g/mol. The third kappa shape index (κ3) is 3.19. The number of anilines is 2. The Labute approximate surface area is 172 Å². The van der Waals surface area contributed by atoms with E-state index in [4.69, 9.17) is 33.8 Å². The highest BCUT2D eigenvalue weighted by Gasteiger charge is 2.50. The minimum atomic E-state index is -1.04. The lowest BCUT2D eigenvalue weighted by Gasteiger charge is -2.29.